The van der Waals surface area contributed by atoms with E-state index in [2.05, 4.69) is 15.0 Å². The number of carbonyl (C=O) groups is 2. The number of hydrogen-bond donors (Lipinski definition) is 1. The number of morpholine rings is 1. The zero-order valence-electron chi connectivity index (χ0n) is 16.3. The van der Waals surface area contributed by atoms with Crippen molar-refractivity contribution in [1.29, 1.82) is 0 Å². The Morgan fingerprint density at radius 1 is 1.07 bits per heavy atom. The van der Waals surface area contributed by atoms with E-state index in [1.54, 1.807) is 12.1 Å². The van der Waals surface area contributed by atoms with E-state index in [-0.39, 0.29) is 11.3 Å². The summed E-state index contributed by atoms with van der Waals surface area (Å²) in [7, 11) is 0. The summed E-state index contributed by atoms with van der Waals surface area (Å²) in [5, 5.41) is 2.66. The summed E-state index contributed by atoms with van der Waals surface area (Å²) in [6.45, 7) is 1.26. The maximum Gasteiger partial charge on any atom is 0.387 e. The lowest BCUT2D eigenvalue weighted by atomic mass is 10.2. The molecule has 0 aromatic heterocycles. The molecule has 1 aliphatic heterocycles. The van der Waals surface area contributed by atoms with E-state index in [4.69, 9.17) is 9.47 Å². The van der Waals surface area contributed by atoms with Crippen LogP contribution in [0.3, 0.4) is 0 Å². The summed E-state index contributed by atoms with van der Waals surface area (Å²) in [4.78, 5) is 26.8. The van der Waals surface area contributed by atoms with Crippen LogP contribution in [0.15, 0.2) is 48.5 Å². The summed E-state index contributed by atoms with van der Waals surface area (Å²) < 4.78 is 39.8. The van der Waals surface area contributed by atoms with Crippen molar-refractivity contribution in [2.24, 2.45) is 0 Å². The van der Waals surface area contributed by atoms with Gasteiger partial charge in [-0.3, -0.25) is 4.79 Å². The predicted octanol–water partition coefficient (Wildman–Crippen LogP) is 3.31. The van der Waals surface area contributed by atoms with Gasteiger partial charge in [-0.15, -0.1) is 0 Å². The lowest BCUT2D eigenvalue weighted by Crippen LogP contribution is -2.36. The number of benzene rings is 2. The smallest absolute Gasteiger partial charge is 0.387 e. The van der Waals surface area contributed by atoms with E-state index < -0.39 is 24.6 Å². The number of halogens is 2. The molecule has 0 bridgehead atoms. The second-order valence-electron chi connectivity index (χ2n) is 6.56. The number of rotatable bonds is 7. The van der Waals surface area contributed by atoms with E-state index in [0.717, 1.165) is 18.8 Å². The number of alkyl halides is 2. The highest BCUT2D eigenvalue weighted by Gasteiger charge is 2.22. The topological polar surface area (TPSA) is 77.1 Å². The number of ether oxygens (including phenoxy) is 3. The summed E-state index contributed by atoms with van der Waals surface area (Å²) in [6.07, 6.45) is -1.14. The highest BCUT2D eigenvalue weighted by Crippen LogP contribution is 2.22. The fourth-order valence-electron chi connectivity index (χ4n) is 2.93. The monoisotopic (exact) mass is 420 g/mol. The number of anilines is 2. The lowest BCUT2D eigenvalue weighted by Gasteiger charge is -2.28. The quantitative estimate of drug-likeness (QED) is 0.693. The number of hydrogen-bond acceptors (Lipinski definition) is 6. The molecular formula is C21H22F2N2O5. The first-order valence-electron chi connectivity index (χ1n) is 9.42. The Morgan fingerprint density at radius 2 is 1.73 bits per heavy atom. The minimum Gasteiger partial charge on any atom is -0.449 e. The molecule has 3 rings (SSSR count). The number of esters is 1. The fourth-order valence-corrected chi connectivity index (χ4v) is 2.93. The molecule has 2 aromatic rings. The third-order valence-electron chi connectivity index (χ3n) is 4.49. The van der Waals surface area contributed by atoms with Crippen LogP contribution in [-0.2, 0) is 14.3 Å². The molecule has 1 heterocycles. The van der Waals surface area contributed by atoms with Crippen molar-refractivity contribution in [2.45, 2.75) is 19.6 Å². The van der Waals surface area contributed by atoms with Crippen LogP contribution in [-0.4, -0.2) is 50.9 Å². The lowest BCUT2D eigenvalue weighted by molar-refractivity contribution is -0.123. The molecule has 0 radical (unpaired) electrons. The van der Waals surface area contributed by atoms with E-state index in [1.165, 1.54) is 31.2 Å². The average molecular weight is 420 g/mol. The summed E-state index contributed by atoms with van der Waals surface area (Å²) in [5.74, 6) is -1.80. The predicted molar refractivity (Wildman–Crippen MR) is 106 cm³/mol. The van der Waals surface area contributed by atoms with Crippen LogP contribution in [0.2, 0.25) is 0 Å². The van der Waals surface area contributed by atoms with Gasteiger partial charge in [-0.2, -0.15) is 8.78 Å². The first-order chi connectivity index (χ1) is 14.4. The Hall–Kier alpha value is -3.20. The van der Waals surface area contributed by atoms with Gasteiger partial charge < -0.3 is 24.4 Å². The molecule has 1 unspecified atom stereocenters. The van der Waals surface area contributed by atoms with Gasteiger partial charge in [-0.05, 0) is 43.3 Å². The van der Waals surface area contributed by atoms with Crippen molar-refractivity contribution >= 4 is 23.3 Å². The molecule has 9 heteroatoms. The Balaban J connectivity index is 1.57. The molecule has 1 amide bonds. The van der Waals surface area contributed by atoms with Gasteiger partial charge in [-0.1, -0.05) is 12.1 Å². The van der Waals surface area contributed by atoms with Crippen molar-refractivity contribution in [3.8, 4) is 5.75 Å². The second-order valence-corrected chi connectivity index (χ2v) is 6.56. The van der Waals surface area contributed by atoms with Crippen molar-refractivity contribution in [3.05, 3.63) is 54.1 Å². The molecule has 1 aliphatic rings. The zero-order valence-corrected chi connectivity index (χ0v) is 16.3. The fraction of sp³-hybridized carbons (Fsp3) is 0.333. The van der Waals surface area contributed by atoms with Crippen molar-refractivity contribution in [3.63, 3.8) is 0 Å². The van der Waals surface area contributed by atoms with Gasteiger partial charge >= 0.3 is 12.6 Å². The molecule has 1 saturated heterocycles. The standard InChI is InChI=1S/C21H22F2N2O5/c1-14(29-20(27)17-4-2-3-5-18(17)30-21(22)23)19(26)24-15-6-8-16(9-7-15)25-10-12-28-13-11-25/h2-9,14,21H,10-13H2,1H3,(H,24,26). The van der Waals surface area contributed by atoms with Crippen molar-refractivity contribution in [1.82, 2.24) is 0 Å². The highest BCUT2D eigenvalue weighted by atomic mass is 19.3. The Kier molecular flexibility index (Phi) is 7.18. The van der Waals surface area contributed by atoms with Crippen molar-refractivity contribution < 1.29 is 32.6 Å². The van der Waals surface area contributed by atoms with Crippen LogP contribution >= 0.6 is 0 Å². The van der Waals surface area contributed by atoms with Gasteiger partial charge in [0.25, 0.3) is 5.91 Å². The van der Waals surface area contributed by atoms with Crippen LogP contribution in [0.1, 0.15) is 17.3 Å². The molecule has 0 spiro atoms. The molecule has 0 aliphatic carbocycles. The average Bonchev–Trinajstić information content (AvgIpc) is 2.74. The molecular weight excluding hydrogens is 398 g/mol. The Bertz CT molecular complexity index is 870. The van der Waals surface area contributed by atoms with Crippen molar-refractivity contribution in [2.75, 3.05) is 36.5 Å². The maximum absolute atomic E-state index is 12.5. The highest BCUT2D eigenvalue weighted by molar-refractivity contribution is 5.98. The number of amides is 1. The number of nitrogens with one attached hydrogen (secondary N) is 1. The van der Waals surface area contributed by atoms with Crippen LogP contribution in [0.25, 0.3) is 0 Å². The van der Waals surface area contributed by atoms with Gasteiger partial charge in [0.1, 0.15) is 11.3 Å². The minimum atomic E-state index is -3.08. The van der Waals surface area contributed by atoms with Gasteiger partial charge in [0.2, 0.25) is 0 Å². The van der Waals surface area contributed by atoms with Gasteiger partial charge in [0.05, 0.1) is 13.2 Å². The minimum absolute atomic E-state index is 0.188. The van der Waals surface area contributed by atoms with E-state index in [1.807, 2.05) is 12.1 Å². The third-order valence-corrected chi connectivity index (χ3v) is 4.49. The third kappa shape index (κ3) is 5.66. The molecule has 30 heavy (non-hydrogen) atoms. The van der Waals surface area contributed by atoms with Crippen LogP contribution in [0.4, 0.5) is 20.2 Å². The summed E-state index contributed by atoms with van der Waals surface area (Å²) >= 11 is 0. The van der Waals surface area contributed by atoms with Gasteiger partial charge in [-0.25, -0.2) is 4.79 Å². The van der Waals surface area contributed by atoms with E-state index in [9.17, 15) is 18.4 Å². The molecule has 7 nitrogen and oxygen atoms in total. The van der Waals surface area contributed by atoms with Gasteiger partial charge in [0, 0.05) is 24.5 Å². The number of nitrogens with zero attached hydrogens (tertiary/aromatic N) is 1. The normalized spacial score (nSPS) is 14.9. The zero-order chi connectivity index (χ0) is 21.5. The van der Waals surface area contributed by atoms with Crippen LogP contribution in [0, 0.1) is 0 Å². The summed E-state index contributed by atoms with van der Waals surface area (Å²) in [6, 6.07) is 12.7. The number of para-hydroxylation sites is 1. The van der Waals surface area contributed by atoms with E-state index in [0.29, 0.717) is 18.9 Å². The Morgan fingerprint density at radius 3 is 2.40 bits per heavy atom. The van der Waals surface area contributed by atoms with E-state index >= 15 is 0 Å². The molecule has 0 saturated carbocycles. The molecule has 160 valence electrons. The first-order valence-corrected chi connectivity index (χ1v) is 9.42. The maximum atomic E-state index is 12.5. The Labute approximate surface area is 172 Å². The first kappa shape index (κ1) is 21.5. The van der Waals surface area contributed by atoms with Gasteiger partial charge in [0.15, 0.2) is 6.10 Å². The molecule has 1 atom stereocenters. The van der Waals surface area contributed by atoms with Crippen LogP contribution < -0.4 is 15.0 Å². The van der Waals surface area contributed by atoms with Crippen LogP contribution in [0.5, 0.6) is 5.75 Å². The second kappa shape index (κ2) is 10.0. The SMILES string of the molecule is CC(OC(=O)c1ccccc1OC(F)F)C(=O)Nc1ccc(N2CCOCC2)cc1. The summed E-state index contributed by atoms with van der Waals surface area (Å²) in [5.41, 5.74) is 1.38. The molecule has 1 fully saturated rings. The largest absolute Gasteiger partial charge is 0.449 e. The molecule has 1 N–H and O–H groups in total. The number of carbonyl (C=O) groups excluding carboxylic acids is 2. The molecule has 2 aromatic carbocycles.